The molecule has 0 bridgehead atoms. The first-order valence-electron chi connectivity index (χ1n) is 7.26. The van der Waals surface area contributed by atoms with Gasteiger partial charge in [-0.1, -0.05) is 0 Å². The molecule has 1 aromatic carbocycles. The number of aromatic amines is 1. The maximum Gasteiger partial charge on any atom is 0.138 e. The fourth-order valence-corrected chi connectivity index (χ4v) is 2.54. The van der Waals surface area contributed by atoms with E-state index in [4.69, 9.17) is 9.47 Å². The maximum absolute atomic E-state index is 5.82. The first kappa shape index (κ1) is 13.9. The molecule has 0 radical (unpaired) electrons. The Hall–Kier alpha value is -2.08. The Labute approximate surface area is 123 Å². The lowest BCUT2D eigenvalue weighted by Crippen LogP contribution is -2.15. The van der Waals surface area contributed by atoms with Gasteiger partial charge in [0.15, 0.2) is 0 Å². The summed E-state index contributed by atoms with van der Waals surface area (Å²) in [6, 6.07) is 4.19. The van der Waals surface area contributed by atoms with Gasteiger partial charge in [0.2, 0.25) is 0 Å². The maximum atomic E-state index is 5.82. The fraction of sp³-hybridized carbons (Fsp3) is 0.467. The molecule has 2 aromatic rings. The molecule has 0 saturated heterocycles. The molecule has 3 rings (SSSR count). The minimum absolute atomic E-state index is 0.242. The molecule has 0 amide bonds. The van der Waals surface area contributed by atoms with Crippen LogP contribution in [-0.4, -0.2) is 27.9 Å². The number of fused-ring (bicyclic) bond motifs is 1. The summed E-state index contributed by atoms with van der Waals surface area (Å²) < 4.78 is 11.6. The third kappa shape index (κ3) is 3.16. The van der Waals surface area contributed by atoms with Crippen LogP contribution in [0.1, 0.15) is 30.8 Å². The molecule has 21 heavy (non-hydrogen) atoms. The molecule has 6 nitrogen and oxygen atoms in total. The lowest BCUT2D eigenvalue weighted by molar-refractivity contribution is 0.254. The fourth-order valence-electron chi connectivity index (χ4n) is 2.54. The van der Waals surface area contributed by atoms with Crippen LogP contribution < -0.4 is 14.8 Å². The number of nitrogens with zero attached hydrogens (tertiary/aromatic N) is 2. The van der Waals surface area contributed by atoms with E-state index in [-0.39, 0.29) is 6.10 Å². The van der Waals surface area contributed by atoms with Crippen LogP contribution in [0.3, 0.4) is 0 Å². The number of rotatable bonds is 6. The molecule has 1 unspecified atom stereocenters. The Kier molecular flexibility index (Phi) is 4.06. The van der Waals surface area contributed by atoms with Crippen LogP contribution in [0.4, 0.5) is 0 Å². The second-order valence-electron chi connectivity index (χ2n) is 5.17. The van der Waals surface area contributed by atoms with Gasteiger partial charge in [-0.2, -0.15) is 5.10 Å². The third-order valence-electron chi connectivity index (χ3n) is 3.45. The summed E-state index contributed by atoms with van der Waals surface area (Å²) in [5, 5.41) is 10.00. The number of nitrogens with one attached hydrogen (secondary N) is 2. The highest BCUT2D eigenvalue weighted by molar-refractivity contribution is 5.48. The molecular weight excluding hydrogens is 268 g/mol. The average Bonchev–Trinajstić information content (AvgIpc) is 3.07. The lowest BCUT2D eigenvalue weighted by Gasteiger charge is -2.13. The normalized spacial score (nSPS) is 16.6. The van der Waals surface area contributed by atoms with E-state index in [0.29, 0.717) is 19.7 Å². The predicted octanol–water partition coefficient (Wildman–Crippen LogP) is 1.82. The van der Waals surface area contributed by atoms with Crippen LogP contribution in [-0.2, 0) is 19.5 Å². The summed E-state index contributed by atoms with van der Waals surface area (Å²) in [6.07, 6.45) is 2.70. The van der Waals surface area contributed by atoms with Crippen LogP contribution >= 0.6 is 0 Å². The monoisotopic (exact) mass is 288 g/mol. The van der Waals surface area contributed by atoms with Crippen molar-refractivity contribution in [1.82, 2.24) is 20.5 Å². The largest absolute Gasteiger partial charge is 0.494 e. The summed E-state index contributed by atoms with van der Waals surface area (Å²) in [6.45, 7) is 6.07. The second kappa shape index (κ2) is 6.13. The molecule has 112 valence electrons. The van der Waals surface area contributed by atoms with E-state index < -0.39 is 0 Å². The Bertz CT molecular complexity index is 598. The number of hydrogen-bond acceptors (Lipinski definition) is 5. The standard InChI is InChI=1S/C15H20N4O2/c1-3-20-13-5-11-4-10(2)21-14(11)6-12(13)7-16-8-15-17-9-18-19-15/h5-6,9-10,16H,3-4,7-8H2,1-2H3,(H,17,18,19). The quantitative estimate of drug-likeness (QED) is 0.848. The van der Waals surface area contributed by atoms with Crippen LogP contribution in [0.5, 0.6) is 11.5 Å². The summed E-state index contributed by atoms with van der Waals surface area (Å²) >= 11 is 0. The highest BCUT2D eigenvalue weighted by Gasteiger charge is 2.21. The number of H-pyrrole nitrogens is 1. The van der Waals surface area contributed by atoms with Gasteiger partial charge in [0.05, 0.1) is 13.2 Å². The van der Waals surface area contributed by atoms with E-state index in [1.807, 2.05) is 6.92 Å². The van der Waals surface area contributed by atoms with E-state index in [2.05, 4.69) is 39.6 Å². The number of ether oxygens (including phenoxy) is 2. The average molecular weight is 288 g/mol. The molecule has 1 atom stereocenters. The van der Waals surface area contributed by atoms with Gasteiger partial charge in [0.1, 0.15) is 29.8 Å². The van der Waals surface area contributed by atoms with Gasteiger partial charge in [-0.25, -0.2) is 4.98 Å². The molecule has 2 heterocycles. The molecule has 0 saturated carbocycles. The van der Waals surface area contributed by atoms with Crippen molar-refractivity contribution in [3.8, 4) is 11.5 Å². The first-order valence-corrected chi connectivity index (χ1v) is 7.26. The van der Waals surface area contributed by atoms with Crippen molar-refractivity contribution in [3.05, 3.63) is 35.4 Å². The molecule has 1 aliphatic heterocycles. The molecule has 1 aliphatic rings. The molecule has 0 spiro atoms. The van der Waals surface area contributed by atoms with Gasteiger partial charge in [-0.3, -0.25) is 5.10 Å². The van der Waals surface area contributed by atoms with E-state index in [9.17, 15) is 0 Å². The molecule has 0 fully saturated rings. The van der Waals surface area contributed by atoms with Gasteiger partial charge in [0, 0.05) is 24.1 Å². The summed E-state index contributed by atoms with van der Waals surface area (Å²) in [4.78, 5) is 4.09. The van der Waals surface area contributed by atoms with E-state index in [0.717, 1.165) is 29.3 Å². The van der Waals surface area contributed by atoms with Crippen molar-refractivity contribution in [2.45, 2.75) is 39.5 Å². The summed E-state index contributed by atoms with van der Waals surface area (Å²) in [5.74, 6) is 2.72. The summed E-state index contributed by atoms with van der Waals surface area (Å²) in [7, 11) is 0. The first-order chi connectivity index (χ1) is 10.3. The minimum atomic E-state index is 0.242. The Morgan fingerprint density at radius 1 is 1.43 bits per heavy atom. The van der Waals surface area contributed by atoms with Crippen LogP contribution in [0.25, 0.3) is 0 Å². The van der Waals surface area contributed by atoms with Crippen molar-refractivity contribution < 1.29 is 9.47 Å². The Morgan fingerprint density at radius 3 is 3.10 bits per heavy atom. The van der Waals surface area contributed by atoms with Gasteiger partial charge < -0.3 is 14.8 Å². The lowest BCUT2D eigenvalue weighted by atomic mass is 10.1. The van der Waals surface area contributed by atoms with Gasteiger partial charge >= 0.3 is 0 Å². The van der Waals surface area contributed by atoms with Gasteiger partial charge in [-0.05, 0) is 26.0 Å². The zero-order valence-corrected chi connectivity index (χ0v) is 12.3. The van der Waals surface area contributed by atoms with Gasteiger partial charge in [-0.15, -0.1) is 0 Å². The number of hydrogen-bond donors (Lipinski definition) is 2. The van der Waals surface area contributed by atoms with E-state index in [1.54, 1.807) is 0 Å². The van der Waals surface area contributed by atoms with Crippen molar-refractivity contribution in [1.29, 1.82) is 0 Å². The van der Waals surface area contributed by atoms with Crippen LogP contribution in [0.2, 0.25) is 0 Å². The second-order valence-corrected chi connectivity index (χ2v) is 5.17. The SMILES string of the molecule is CCOc1cc2c(cc1CNCc1ncn[nH]1)OC(C)C2. The van der Waals surface area contributed by atoms with E-state index >= 15 is 0 Å². The zero-order valence-electron chi connectivity index (χ0n) is 12.3. The van der Waals surface area contributed by atoms with Crippen LogP contribution in [0.15, 0.2) is 18.5 Å². The smallest absolute Gasteiger partial charge is 0.138 e. The van der Waals surface area contributed by atoms with Crippen LogP contribution in [0, 0.1) is 0 Å². The Morgan fingerprint density at radius 2 is 2.33 bits per heavy atom. The van der Waals surface area contributed by atoms with Crippen molar-refractivity contribution >= 4 is 0 Å². The number of benzene rings is 1. The molecule has 6 heteroatoms. The molecular formula is C15H20N4O2. The molecule has 2 N–H and O–H groups in total. The van der Waals surface area contributed by atoms with Crippen molar-refractivity contribution in [2.75, 3.05) is 6.61 Å². The van der Waals surface area contributed by atoms with Crippen molar-refractivity contribution in [3.63, 3.8) is 0 Å². The predicted molar refractivity (Wildman–Crippen MR) is 78.3 cm³/mol. The highest BCUT2D eigenvalue weighted by Crippen LogP contribution is 2.35. The van der Waals surface area contributed by atoms with E-state index in [1.165, 1.54) is 11.9 Å². The topological polar surface area (TPSA) is 72.1 Å². The van der Waals surface area contributed by atoms with Gasteiger partial charge in [0.25, 0.3) is 0 Å². The highest BCUT2D eigenvalue weighted by atomic mass is 16.5. The number of aromatic nitrogens is 3. The molecule has 1 aromatic heterocycles. The van der Waals surface area contributed by atoms with Crippen molar-refractivity contribution in [2.24, 2.45) is 0 Å². The Balaban J connectivity index is 1.72. The zero-order chi connectivity index (χ0) is 14.7. The third-order valence-corrected chi connectivity index (χ3v) is 3.45. The molecule has 0 aliphatic carbocycles. The summed E-state index contributed by atoms with van der Waals surface area (Å²) in [5.41, 5.74) is 2.33. The minimum Gasteiger partial charge on any atom is -0.494 e.